The summed E-state index contributed by atoms with van der Waals surface area (Å²) in [6.07, 6.45) is 2.03. The Hall–Kier alpha value is -0.620. The minimum atomic E-state index is -3.52. The fraction of sp³-hybridized carbons (Fsp3) is 0.571. The summed E-state index contributed by atoms with van der Waals surface area (Å²) in [6, 6.07) is 6.80. The fourth-order valence-corrected chi connectivity index (χ4v) is 4.28. The number of sulfonamides is 1. The maximum atomic E-state index is 12.5. The number of aliphatic hydroxyl groups is 1. The Morgan fingerprint density at radius 1 is 1.35 bits per heavy atom. The van der Waals surface area contributed by atoms with Crippen molar-refractivity contribution >= 4 is 21.6 Å². The van der Waals surface area contributed by atoms with Crippen molar-refractivity contribution in [3.63, 3.8) is 0 Å². The summed E-state index contributed by atoms with van der Waals surface area (Å²) < 4.78 is 26.4. The van der Waals surface area contributed by atoms with E-state index in [0.29, 0.717) is 25.3 Å². The van der Waals surface area contributed by atoms with Crippen LogP contribution < -0.4 is 0 Å². The van der Waals surface area contributed by atoms with Gasteiger partial charge in [0.1, 0.15) is 0 Å². The normalized spacial score (nSPS) is 24.8. The first-order valence-corrected chi connectivity index (χ1v) is 8.70. The Morgan fingerprint density at radius 3 is 2.55 bits per heavy atom. The van der Waals surface area contributed by atoms with Gasteiger partial charge in [0.25, 0.3) is 0 Å². The van der Waals surface area contributed by atoms with Crippen LogP contribution in [0.1, 0.15) is 25.3 Å². The van der Waals surface area contributed by atoms with Crippen molar-refractivity contribution in [2.75, 3.05) is 19.0 Å². The van der Waals surface area contributed by atoms with Gasteiger partial charge < -0.3 is 5.11 Å². The molecule has 1 aliphatic rings. The van der Waals surface area contributed by atoms with E-state index < -0.39 is 15.6 Å². The quantitative estimate of drug-likeness (QED) is 0.864. The van der Waals surface area contributed by atoms with Gasteiger partial charge in [-0.25, -0.2) is 8.42 Å². The number of β-amino-alcohol motifs (C(OH)–C–C–N with tert-alkyl or cyclic N) is 1. The lowest BCUT2D eigenvalue weighted by Crippen LogP contribution is -2.48. The first-order chi connectivity index (χ1) is 9.35. The number of hydrogen-bond donors (Lipinski definition) is 1. The number of hydrogen-bond acceptors (Lipinski definition) is 3. The molecule has 1 heterocycles. The molecule has 0 aromatic heterocycles. The van der Waals surface area contributed by atoms with Crippen LogP contribution in [0, 0.1) is 0 Å². The van der Waals surface area contributed by atoms with E-state index in [1.807, 2.05) is 0 Å². The zero-order chi connectivity index (χ0) is 14.8. The molecule has 1 aromatic rings. The molecule has 1 aliphatic heterocycles. The molecule has 0 saturated carbocycles. The van der Waals surface area contributed by atoms with E-state index in [0.717, 1.165) is 12.0 Å². The minimum absolute atomic E-state index is 0.152. The van der Waals surface area contributed by atoms with Gasteiger partial charge in [0.2, 0.25) is 10.0 Å². The van der Waals surface area contributed by atoms with Gasteiger partial charge in [-0.15, -0.1) is 11.6 Å². The van der Waals surface area contributed by atoms with Gasteiger partial charge >= 0.3 is 0 Å². The van der Waals surface area contributed by atoms with E-state index >= 15 is 0 Å². The lowest BCUT2D eigenvalue weighted by Gasteiger charge is -2.35. The number of aryl methyl sites for hydroxylation is 1. The van der Waals surface area contributed by atoms with E-state index in [4.69, 9.17) is 11.6 Å². The molecule has 20 heavy (non-hydrogen) atoms. The third kappa shape index (κ3) is 3.52. The maximum Gasteiger partial charge on any atom is 0.243 e. The molecular formula is C14H20ClNO3S. The molecule has 1 aromatic carbocycles. The largest absolute Gasteiger partial charge is 0.389 e. The fourth-order valence-electron chi connectivity index (χ4n) is 2.47. The van der Waals surface area contributed by atoms with Crippen LogP contribution in [-0.4, -0.2) is 42.4 Å². The molecule has 1 unspecified atom stereocenters. The second kappa shape index (κ2) is 6.02. The van der Waals surface area contributed by atoms with E-state index in [9.17, 15) is 13.5 Å². The van der Waals surface area contributed by atoms with Crippen molar-refractivity contribution in [3.8, 4) is 0 Å². The molecule has 6 heteroatoms. The Labute approximate surface area is 125 Å². The topological polar surface area (TPSA) is 57.6 Å². The summed E-state index contributed by atoms with van der Waals surface area (Å²) in [5.74, 6) is 0.515. The summed E-state index contributed by atoms with van der Waals surface area (Å²) in [7, 11) is -3.52. The Kier molecular flexibility index (Phi) is 4.74. The molecular weight excluding hydrogens is 298 g/mol. The molecule has 0 bridgehead atoms. The van der Waals surface area contributed by atoms with Crippen LogP contribution in [-0.2, 0) is 16.4 Å². The molecule has 1 atom stereocenters. The van der Waals surface area contributed by atoms with Crippen LogP contribution in [0.3, 0.4) is 0 Å². The molecule has 1 saturated heterocycles. The van der Waals surface area contributed by atoms with Crippen LogP contribution in [0.15, 0.2) is 29.2 Å². The van der Waals surface area contributed by atoms with Gasteiger partial charge in [0, 0.05) is 19.0 Å². The van der Waals surface area contributed by atoms with Crippen molar-refractivity contribution < 1.29 is 13.5 Å². The van der Waals surface area contributed by atoms with Crippen LogP contribution >= 0.6 is 11.6 Å². The van der Waals surface area contributed by atoms with E-state index in [-0.39, 0.29) is 11.4 Å². The van der Waals surface area contributed by atoms with Crippen LogP contribution in [0.4, 0.5) is 0 Å². The molecule has 0 spiro atoms. The second-order valence-corrected chi connectivity index (χ2v) is 7.84. The van der Waals surface area contributed by atoms with Gasteiger partial charge in [0.15, 0.2) is 0 Å². The van der Waals surface area contributed by atoms with Crippen molar-refractivity contribution in [3.05, 3.63) is 29.8 Å². The van der Waals surface area contributed by atoms with Crippen LogP contribution in [0.2, 0.25) is 0 Å². The molecule has 1 N–H and O–H groups in total. The number of benzene rings is 1. The highest BCUT2D eigenvalue weighted by molar-refractivity contribution is 7.89. The molecule has 1 fully saturated rings. The monoisotopic (exact) mass is 317 g/mol. The first kappa shape index (κ1) is 15.8. The summed E-state index contributed by atoms with van der Waals surface area (Å²) in [5.41, 5.74) is 0.0775. The molecule has 2 rings (SSSR count). The molecule has 0 amide bonds. The van der Waals surface area contributed by atoms with Crippen LogP contribution in [0.25, 0.3) is 0 Å². The number of halogens is 1. The smallest absolute Gasteiger partial charge is 0.243 e. The number of rotatable bonds is 4. The van der Waals surface area contributed by atoms with Crippen molar-refractivity contribution in [2.24, 2.45) is 0 Å². The summed E-state index contributed by atoms with van der Waals surface area (Å²) in [4.78, 5) is 0.272. The predicted molar refractivity (Wildman–Crippen MR) is 79.5 cm³/mol. The minimum Gasteiger partial charge on any atom is -0.389 e. The molecule has 112 valence electrons. The predicted octanol–water partition coefficient (Wildman–Crippen LogP) is 2.00. The van der Waals surface area contributed by atoms with Gasteiger partial charge in [-0.1, -0.05) is 12.1 Å². The summed E-state index contributed by atoms with van der Waals surface area (Å²) >= 11 is 5.66. The highest BCUT2D eigenvalue weighted by Gasteiger charge is 2.35. The summed E-state index contributed by atoms with van der Waals surface area (Å²) in [5, 5.41) is 10.0. The van der Waals surface area contributed by atoms with Gasteiger partial charge in [-0.05, 0) is 43.9 Å². The number of nitrogens with zero attached hydrogens (tertiary/aromatic N) is 1. The average molecular weight is 318 g/mol. The SMILES string of the molecule is CC1(O)CCCN(S(=O)(=O)c2ccc(CCCl)cc2)C1. The van der Waals surface area contributed by atoms with Gasteiger partial charge in [-0.3, -0.25) is 0 Å². The first-order valence-electron chi connectivity index (χ1n) is 6.73. The zero-order valence-corrected chi connectivity index (χ0v) is 13.1. The second-order valence-electron chi connectivity index (χ2n) is 5.52. The molecule has 0 aliphatic carbocycles. The lowest BCUT2D eigenvalue weighted by molar-refractivity contribution is 0.00940. The maximum absolute atomic E-state index is 12.5. The van der Waals surface area contributed by atoms with E-state index in [1.54, 1.807) is 31.2 Å². The zero-order valence-electron chi connectivity index (χ0n) is 11.5. The van der Waals surface area contributed by atoms with Crippen molar-refractivity contribution in [2.45, 2.75) is 36.7 Å². The van der Waals surface area contributed by atoms with Crippen molar-refractivity contribution in [1.82, 2.24) is 4.31 Å². The van der Waals surface area contributed by atoms with Crippen LogP contribution in [0.5, 0.6) is 0 Å². The molecule has 4 nitrogen and oxygen atoms in total. The number of piperidine rings is 1. The van der Waals surface area contributed by atoms with Gasteiger partial charge in [-0.2, -0.15) is 4.31 Å². The van der Waals surface area contributed by atoms with Crippen molar-refractivity contribution in [1.29, 1.82) is 0 Å². The third-order valence-electron chi connectivity index (χ3n) is 3.58. The third-order valence-corrected chi connectivity index (χ3v) is 5.63. The average Bonchev–Trinajstić information content (AvgIpc) is 2.38. The highest BCUT2D eigenvalue weighted by atomic mass is 35.5. The molecule has 0 radical (unpaired) electrons. The Morgan fingerprint density at radius 2 is 2.00 bits per heavy atom. The standard InChI is InChI=1S/C14H20ClNO3S/c1-14(17)8-2-10-16(11-14)20(18,19)13-5-3-12(4-6-13)7-9-15/h3-6,17H,2,7-11H2,1H3. The summed E-state index contributed by atoms with van der Waals surface area (Å²) in [6.45, 7) is 2.29. The van der Waals surface area contributed by atoms with E-state index in [1.165, 1.54) is 4.31 Å². The Bertz CT molecular complexity index is 554. The lowest BCUT2D eigenvalue weighted by atomic mass is 9.97. The Balaban J connectivity index is 2.21. The van der Waals surface area contributed by atoms with Gasteiger partial charge in [0.05, 0.1) is 10.5 Å². The highest BCUT2D eigenvalue weighted by Crippen LogP contribution is 2.26. The van der Waals surface area contributed by atoms with E-state index in [2.05, 4.69) is 0 Å². The number of alkyl halides is 1.